The average Bonchev–Trinajstić information content (AvgIpc) is 3.21. The van der Waals surface area contributed by atoms with E-state index in [1.165, 1.54) is 0 Å². The van der Waals surface area contributed by atoms with Crippen molar-refractivity contribution in [2.24, 2.45) is 0 Å². The van der Waals surface area contributed by atoms with Crippen LogP contribution in [0.5, 0.6) is 0 Å². The number of amides is 3. The Morgan fingerprint density at radius 1 is 1.16 bits per heavy atom. The third-order valence-corrected chi connectivity index (χ3v) is 6.55. The Balaban J connectivity index is 1.49. The van der Waals surface area contributed by atoms with E-state index in [1.807, 2.05) is 38.1 Å². The largest absolute Gasteiger partial charge is 0.464 e. The monoisotopic (exact) mass is 472 g/mol. The van der Waals surface area contributed by atoms with Crippen molar-refractivity contribution >= 4 is 51.9 Å². The van der Waals surface area contributed by atoms with Gasteiger partial charge in [0, 0.05) is 34.0 Å². The Labute approximate surface area is 195 Å². The molecule has 1 unspecified atom stereocenters. The Morgan fingerprint density at radius 2 is 1.88 bits per heavy atom. The number of carbonyl (C=O) groups excluding carboxylic acids is 3. The maximum atomic E-state index is 13.0. The Bertz CT molecular complexity index is 1210. The molecular weight excluding hydrogens is 451 g/mol. The molecule has 3 amide bonds. The third-order valence-electron chi connectivity index (χ3n) is 5.92. The predicted molar refractivity (Wildman–Crippen MR) is 123 cm³/mol. The summed E-state index contributed by atoms with van der Waals surface area (Å²) in [6.45, 7) is 3.94. The van der Waals surface area contributed by atoms with Crippen molar-refractivity contribution in [3.63, 3.8) is 0 Å². The van der Waals surface area contributed by atoms with E-state index in [9.17, 15) is 14.4 Å². The van der Waals surface area contributed by atoms with Gasteiger partial charge in [-0.25, -0.2) is 0 Å². The molecule has 0 radical (unpaired) electrons. The molecule has 1 aliphatic heterocycles. The van der Waals surface area contributed by atoms with Crippen LogP contribution in [-0.4, -0.2) is 17.7 Å². The zero-order valence-corrected chi connectivity index (χ0v) is 19.1. The molecule has 2 heterocycles. The summed E-state index contributed by atoms with van der Waals surface area (Å²) in [5.41, 5.74) is 2.08. The normalized spacial score (nSPS) is 16.8. The van der Waals surface area contributed by atoms with E-state index < -0.39 is 17.2 Å². The van der Waals surface area contributed by atoms with Crippen LogP contribution in [0, 0.1) is 0 Å². The summed E-state index contributed by atoms with van der Waals surface area (Å²) in [5.74, 6) is -1.43. The van der Waals surface area contributed by atoms with Gasteiger partial charge in [0.15, 0.2) is 0 Å². The predicted octanol–water partition coefficient (Wildman–Crippen LogP) is 4.85. The Kier molecular flexibility index (Phi) is 6.01. The van der Waals surface area contributed by atoms with Gasteiger partial charge >= 0.3 is 0 Å². The SMILES string of the molecule is CC(C)(C(=O)NCc1cc(Cl)c(C2CCC(=O)NC2=O)c(Cl)c1)c1ccc2occc2c1. The first-order valence-electron chi connectivity index (χ1n) is 10.2. The van der Waals surface area contributed by atoms with Crippen molar-refractivity contribution in [1.29, 1.82) is 0 Å². The zero-order chi connectivity index (χ0) is 23.0. The van der Waals surface area contributed by atoms with Gasteiger partial charge in [-0.05, 0) is 61.7 Å². The highest BCUT2D eigenvalue weighted by Crippen LogP contribution is 2.37. The van der Waals surface area contributed by atoms with Gasteiger partial charge in [-0.3, -0.25) is 19.7 Å². The third kappa shape index (κ3) is 4.25. The Hall–Kier alpha value is -2.83. The van der Waals surface area contributed by atoms with Gasteiger partial charge in [0.2, 0.25) is 17.7 Å². The second-order valence-electron chi connectivity index (χ2n) is 8.46. The molecule has 2 aromatic carbocycles. The molecule has 1 fully saturated rings. The number of benzene rings is 2. The van der Waals surface area contributed by atoms with Crippen LogP contribution in [0.2, 0.25) is 10.0 Å². The lowest BCUT2D eigenvalue weighted by Gasteiger charge is -2.25. The van der Waals surface area contributed by atoms with E-state index >= 15 is 0 Å². The molecule has 3 aromatic rings. The number of piperidine rings is 1. The van der Waals surface area contributed by atoms with Crippen molar-refractivity contribution in [2.45, 2.75) is 44.6 Å². The first-order valence-corrected chi connectivity index (χ1v) is 11.0. The molecule has 1 aromatic heterocycles. The minimum Gasteiger partial charge on any atom is -0.464 e. The summed E-state index contributed by atoms with van der Waals surface area (Å²) in [6, 6.07) is 10.9. The highest BCUT2D eigenvalue weighted by atomic mass is 35.5. The number of rotatable bonds is 5. The summed E-state index contributed by atoms with van der Waals surface area (Å²) in [4.78, 5) is 36.6. The zero-order valence-electron chi connectivity index (χ0n) is 17.6. The lowest BCUT2D eigenvalue weighted by Crippen LogP contribution is -2.40. The maximum absolute atomic E-state index is 13.0. The molecular formula is C24H22Cl2N2O4. The van der Waals surface area contributed by atoms with E-state index in [0.29, 0.717) is 27.6 Å². The highest BCUT2D eigenvalue weighted by Gasteiger charge is 2.32. The molecule has 166 valence electrons. The standard InChI is InChI=1S/C24H22Cl2N2O4/c1-24(2,15-3-5-19-14(11-15)7-8-32-19)23(31)27-12-13-9-17(25)21(18(26)10-13)16-4-6-20(29)28-22(16)30/h3,5,7-11,16H,4,6,12H2,1-2H3,(H,27,31)(H,28,29,30). The molecule has 0 bridgehead atoms. The number of fused-ring (bicyclic) bond motifs is 1. The average molecular weight is 473 g/mol. The molecule has 0 aliphatic carbocycles. The second-order valence-corrected chi connectivity index (χ2v) is 9.27. The molecule has 4 rings (SSSR count). The van der Waals surface area contributed by atoms with Crippen LogP contribution in [-0.2, 0) is 26.3 Å². The molecule has 6 nitrogen and oxygen atoms in total. The number of furan rings is 1. The maximum Gasteiger partial charge on any atom is 0.234 e. The van der Waals surface area contributed by atoms with Crippen molar-refractivity contribution in [3.8, 4) is 0 Å². The van der Waals surface area contributed by atoms with Crippen molar-refractivity contribution in [2.75, 3.05) is 0 Å². The fourth-order valence-corrected chi connectivity index (χ4v) is 4.73. The van der Waals surface area contributed by atoms with Crippen molar-refractivity contribution < 1.29 is 18.8 Å². The Morgan fingerprint density at radius 3 is 2.56 bits per heavy atom. The van der Waals surface area contributed by atoms with Gasteiger partial charge in [0.1, 0.15) is 5.58 Å². The van der Waals surface area contributed by atoms with Gasteiger partial charge < -0.3 is 9.73 Å². The molecule has 1 saturated heterocycles. The van der Waals surface area contributed by atoms with Crippen LogP contribution >= 0.6 is 23.2 Å². The molecule has 0 saturated carbocycles. The van der Waals surface area contributed by atoms with Crippen LogP contribution in [0.25, 0.3) is 11.0 Å². The highest BCUT2D eigenvalue weighted by molar-refractivity contribution is 6.36. The second kappa shape index (κ2) is 8.60. The van der Waals surface area contributed by atoms with Gasteiger partial charge in [-0.15, -0.1) is 0 Å². The summed E-state index contributed by atoms with van der Waals surface area (Å²) in [6.07, 6.45) is 2.21. The summed E-state index contributed by atoms with van der Waals surface area (Å²) in [5, 5.41) is 6.87. The number of hydrogen-bond donors (Lipinski definition) is 2. The molecule has 2 N–H and O–H groups in total. The summed E-state index contributed by atoms with van der Waals surface area (Å²) in [7, 11) is 0. The van der Waals surface area contributed by atoms with E-state index in [1.54, 1.807) is 18.4 Å². The summed E-state index contributed by atoms with van der Waals surface area (Å²) >= 11 is 12.9. The van der Waals surface area contributed by atoms with Gasteiger partial charge in [0.25, 0.3) is 0 Å². The fourth-order valence-electron chi connectivity index (χ4n) is 3.93. The van der Waals surface area contributed by atoms with Gasteiger partial charge in [-0.1, -0.05) is 29.3 Å². The van der Waals surface area contributed by atoms with E-state index in [0.717, 1.165) is 16.5 Å². The van der Waals surface area contributed by atoms with Crippen molar-refractivity contribution in [3.05, 3.63) is 69.4 Å². The number of hydrogen-bond acceptors (Lipinski definition) is 4. The first kappa shape index (κ1) is 22.4. The molecule has 1 aliphatic rings. The molecule has 1 atom stereocenters. The number of nitrogens with one attached hydrogen (secondary N) is 2. The topological polar surface area (TPSA) is 88.4 Å². The van der Waals surface area contributed by atoms with Crippen LogP contribution in [0.1, 0.15) is 49.3 Å². The van der Waals surface area contributed by atoms with Crippen LogP contribution in [0.3, 0.4) is 0 Å². The molecule has 0 spiro atoms. The van der Waals surface area contributed by atoms with E-state index in [2.05, 4.69) is 10.6 Å². The van der Waals surface area contributed by atoms with Gasteiger partial charge in [0.05, 0.1) is 17.6 Å². The smallest absolute Gasteiger partial charge is 0.234 e. The summed E-state index contributed by atoms with van der Waals surface area (Å²) < 4.78 is 5.37. The molecule has 32 heavy (non-hydrogen) atoms. The number of imide groups is 1. The number of halogens is 2. The van der Waals surface area contributed by atoms with Crippen LogP contribution in [0.4, 0.5) is 0 Å². The van der Waals surface area contributed by atoms with Gasteiger partial charge in [-0.2, -0.15) is 0 Å². The van der Waals surface area contributed by atoms with Crippen LogP contribution < -0.4 is 10.6 Å². The lowest BCUT2D eigenvalue weighted by atomic mass is 9.83. The van der Waals surface area contributed by atoms with Crippen molar-refractivity contribution in [1.82, 2.24) is 10.6 Å². The van der Waals surface area contributed by atoms with E-state index in [-0.39, 0.29) is 24.8 Å². The van der Waals surface area contributed by atoms with Crippen LogP contribution in [0.15, 0.2) is 47.1 Å². The quantitative estimate of drug-likeness (QED) is 0.519. The van der Waals surface area contributed by atoms with E-state index in [4.69, 9.17) is 27.6 Å². The molecule has 8 heteroatoms. The minimum absolute atomic E-state index is 0.151. The lowest BCUT2D eigenvalue weighted by molar-refractivity contribution is -0.134. The number of carbonyl (C=O) groups is 3. The fraction of sp³-hybridized carbons (Fsp3) is 0.292. The minimum atomic E-state index is -0.772. The first-order chi connectivity index (χ1) is 15.2.